The molecule has 0 aliphatic carbocycles. The molecule has 1 N–H and O–H groups in total. The van der Waals surface area contributed by atoms with Crippen molar-refractivity contribution in [2.75, 3.05) is 6.61 Å². The van der Waals surface area contributed by atoms with Gasteiger partial charge in [0.05, 0.1) is 6.61 Å². The van der Waals surface area contributed by atoms with Crippen LogP contribution in [0, 0.1) is 11.3 Å². The topological polar surface area (TPSA) is 87.5 Å². The average molecular weight is 359 g/mol. The number of nitrogens with zero attached hydrogens (tertiary/aromatic N) is 4. The normalized spacial score (nSPS) is 11.2. The molecule has 0 aliphatic rings. The van der Waals surface area contributed by atoms with E-state index in [9.17, 15) is 13.2 Å². The van der Waals surface area contributed by atoms with Crippen LogP contribution < -0.4 is 4.74 Å². The fourth-order valence-corrected chi connectivity index (χ4v) is 2.40. The number of benzene rings is 1. The van der Waals surface area contributed by atoms with Gasteiger partial charge in [0.15, 0.2) is 5.69 Å². The lowest BCUT2D eigenvalue weighted by Gasteiger charge is -2.12. The number of pyridine rings is 1. The summed E-state index contributed by atoms with van der Waals surface area (Å²) in [6, 6.07) is 9.26. The summed E-state index contributed by atoms with van der Waals surface area (Å²) in [7, 11) is 0. The van der Waals surface area contributed by atoms with Crippen LogP contribution in [0.2, 0.25) is 0 Å². The molecule has 1 aromatic carbocycles. The summed E-state index contributed by atoms with van der Waals surface area (Å²) in [5.74, 6) is 0.440. The minimum Gasteiger partial charge on any atom is -0.493 e. The van der Waals surface area contributed by atoms with E-state index >= 15 is 0 Å². The summed E-state index contributed by atoms with van der Waals surface area (Å²) in [5.41, 5.74) is 1.26. The zero-order valence-corrected chi connectivity index (χ0v) is 13.5. The van der Waals surface area contributed by atoms with Gasteiger partial charge in [0.2, 0.25) is 0 Å². The maximum Gasteiger partial charge on any atom is 0.433 e. The summed E-state index contributed by atoms with van der Waals surface area (Å²) >= 11 is 0. The lowest BCUT2D eigenvalue weighted by atomic mass is 10.0. The van der Waals surface area contributed by atoms with Crippen LogP contribution in [0.15, 0.2) is 36.5 Å². The number of H-pyrrole nitrogens is 1. The Morgan fingerprint density at radius 3 is 2.58 bits per heavy atom. The quantitative estimate of drug-likeness (QED) is 0.765. The zero-order valence-electron chi connectivity index (χ0n) is 13.5. The third kappa shape index (κ3) is 3.35. The minimum absolute atomic E-state index is 0.190. The van der Waals surface area contributed by atoms with Gasteiger partial charge in [-0.05, 0) is 30.7 Å². The number of nitrogens with one attached hydrogen (secondary N) is 1. The largest absolute Gasteiger partial charge is 0.493 e. The van der Waals surface area contributed by atoms with Crippen molar-refractivity contribution in [2.24, 2.45) is 0 Å². The standard InChI is InChI=1S/C17H12F3N5O/c1-2-26-14-7-10(11-4-6-15(22-9-11)17(18,19)20)3-5-12(14)16-13(8-21)23-25-24-16/h3-7,9H,2H2,1H3,(H,23,24,25). The number of rotatable bonds is 4. The highest BCUT2D eigenvalue weighted by atomic mass is 19.4. The van der Waals surface area contributed by atoms with E-state index in [1.807, 2.05) is 6.07 Å². The minimum atomic E-state index is -4.49. The molecule has 0 atom stereocenters. The van der Waals surface area contributed by atoms with Crippen molar-refractivity contribution in [3.05, 3.63) is 47.9 Å². The van der Waals surface area contributed by atoms with Gasteiger partial charge in [-0.15, -0.1) is 5.10 Å². The maximum absolute atomic E-state index is 12.6. The van der Waals surface area contributed by atoms with Crippen molar-refractivity contribution in [1.29, 1.82) is 5.26 Å². The molecular formula is C17H12F3N5O. The second kappa shape index (κ2) is 6.84. The lowest BCUT2D eigenvalue weighted by molar-refractivity contribution is -0.141. The van der Waals surface area contributed by atoms with Gasteiger partial charge in [0.25, 0.3) is 0 Å². The first-order valence-corrected chi connectivity index (χ1v) is 7.56. The van der Waals surface area contributed by atoms with Crippen LogP contribution in [0.5, 0.6) is 5.75 Å². The molecular weight excluding hydrogens is 347 g/mol. The van der Waals surface area contributed by atoms with Gasteiger partial charge in [-0.1, -0.05) is 17.3 Å². The molecule has 0 spiro atoms. The van der Waals surface area contributed by atoms with E-state index in [2.05, 4.69) is 20.4 Å². The lowest BCUT2D eigenvalue weighted by Crippen LogP contribution is -2.07. The Labute approximate surface area is 146 Å². The molecule has 0 radical (unpaired) electrons. The van der Waals surface area contributed by atoms with E-state index in [4.69, 9.17) is 10.00 Å². The first kappa shape index (κ1) is 17.4. The van der Waals surface area contributed by atoms with Gasteiger partial charge in [0.1, 0.15) is 23.2 Å². The predicted octanol–water partition coefficient (Wildman–Crippen LogP) is 3.82. The molecule has 0 saturated heterocycles. The maximum atomic E-state index is 12.6. The Morgan fingerprint density at radius 1 is 1.19 bits per heavy atom. The van der Waals surface area contributed by atoms with Crippen LogP contribution in [-0.2, 0) is 6.18 Å². The number of nitriles is 1. The van der Waals surface area contributed by atoms with Crippen LogP contribution in [0.1, 0.15) is 18.3 Å². The van der Waals surface area contributed by atoms with E-state index in [1.54, 1.807) is 25.1 Å². The number of aromatic nitrogens is 4. The third-order valence-electron chi connectivity index (χ3n) is 3.58. The van der Waals surface area contributed by atoms with Crippen LogP contribution in [-0.4, -0.2) is 27.0 Å². The van der Waals surface area contributed by atoms with Gasteiger partial charge in [-0.3, -0.25) is 4.98 Å². The van der Waals surface area contributed by atoms with Gasteiger partial charge >= 0.3 is 6.18 Å². The van der Waals surface area contributed by atoms with Crippen molar-refractivity contribution >= 4 is 0 Å². The smallest absolute Gasteiger partial charge is 0.433 e. The molecule has 0 amide bonds. The summed E-state index contributed by atoms with van der Waals surface area (Å²) in [5, 5.41) is 19.1. The van der Waals surface area contributed by atoms with Crippen molar-refractivity contribution < 1.29 is 17.9 Å². The predicted molar refractivity (Wildman–Crippen MR) is 85.9 cm³/mol. The Balaban J connectivity index is 2.03. The summed E-state index contributed by atoms with van der Waals surface area (Å²) in [6.45, 7) is 2.16. The molecule has 2 aromatic heterocycles. The Morgan fingerprint density at radius 2 is 1.96 bits per heavy atom. The van der Waals surface area contributed by atoms with Gasteiger partial charge < -0.3 is 4.74 Å². The molecule has 26 heavy (non-hydrogen) atoms. The third-order valence-corrected chi connectivity index (χ3v) is 3.58. The fraction of sp³-hybridized carbons (Fsp3) is 0.176. The highest BCUT2D eigenvalue weighted by Gasteiger charge is 2.32. The molecule has 0 aliphatic heterocycles. The molecule has 3 rings (SSSR count). The molecule has 2 heterocycles. The molecule has 0 unspecified atom stereocenters. The average Bonchev–Trinajstić information content (AvgIpc) is 3.10. The molecule has 0 fully saturated rings. The van der Waals surface area contributed by atoms with E-state index in [0.29, 0.717) is 34.7 Å². The Bertz CT molecular complexity index is 958. The van der Waals surface area contributed by atoms with E-state index in [-0.39, 0.29) is 5.69 Å². The molecule has 6 nitrogen and oxygen atoms in total. The Hall–Kier alpha value is -3.41. The van der Waals surface area contributed by atoms with Gasteiger partial charge in [0, 0.05) is 17.3 Å². The van der Waals surface area contributed by atoms with Crippen molar-refractivity contribution in [3.63, 3.8) is 0 Å². The molecule has 0 bridgehead atoms. The summed E-state index contributed by atoms with van der Waals surface area (Å²) < 4.78 is 43.5. The van der Waals surface area contributed by atoms with E-state index < -0.39 is 11.9 Å². The highest BCUT2D eigenvalue weighted by Crippen LogP contribution is 2.35. The molecule has 0 saturated carbocycles. The van der Waals surface area contributed by atoms with Crippen LogP contribution in [0.4, 0.5) is 13.2 Å². The number of aromatic amines is 1. The number of alkyl halides is 3. The number of halogens is 3. The molecule has 9 heteroatoms. The van der Waals surface area contributed by atoms with Crippen molar-refractivity contribution in [3.8, 4) is 34.2 Å². The number of hydrogen-bond donors (Lipinski definition) is 1. The van der Waals surface area contributed by atoms with Gasteiger partial charge in [-0.25, -0.2) is 5.10 Å². The fourth-order valence-electron chi connectivity index (χ4n) is 2.40. The van der Waals surface area contributed by atoms with Crippen LogP contribution >= 0.6 is 0 Å². The van der Waals surface area contributed by atoms with Crippen molar-refractivity contribution in [1.82, 2.24) is 20.4 Å². The van der Waals surface area contributed by atoms with Crippen LogP contribution in [0.3, 0.4) is 0 Å². The van der Waals surface area contributed by atoms with Crippen LogP contribution in [0.25, 0.3) is 22.4 Å². The molecule has 132 valence electrons. The molecule has 3 aromatic rings. The second-order valence-corrected chi connectivity index (χ2v) is 5.22. The number of ether oxygens (including phenoxy) is 1. The summed E-state index contributed by atoms with van der Waals surface area (Å²) in [6.07, 6.45) is -3.33. The first-order chi connectivity index (χ1) is 12.4. The SMILES string of the molecule is CCOc1cc(-c2ccc(C(F)(F)F)nc2)ccc1-c1nn[nH]c1C#N. The second-order valence-electron chi connectivity index (χ2n) is 5.22. The first-order valence-electron chi connectivity index (χ1n) is 7.56. The van der Waals surface area contributed by atoms with Crippen molar-refractivity contribution in [2.45, 2.75) is 13.1 Å². The zero-order chi connectivity index (χ0) is 18.7. The van der Waals surface area contributed by atoms with Gasteiger partial charge in [-0.2, -0.15) is 18.4 Å². The Kier molecular flexibility index (Phi) is 4.58. The summed E-state index contributed by atoms with van der Waals surface area (Å²) in [4.78, 5) is 3.47. The van der Waals surface area contributed by atoms with E-state index in [1.165, 1.54) is 6.07 Å². The highest BCUT2D eigenvalue weighted by molar-refractivity contribution is 5.76. The monoisotopic (exact) mass is 359 g/mol. The number of hydrogen-bond acceptors (Lipinski definition) is 5. The van der Waals surface area contributed by atoms with E-state index in [0.717, 1.165) is 12.3 Å².